The number of amides is 2. The molecule has 3 N–H and O–H groups in total. The first-order valence-electron chi connectivity index (χ1n) is 7.77. The van der Waals surface area contributed by atoms with E-state index in [0.717, 1.165) is 0 Å². The van der Waals surface area contributed by atoms with Crippen molar-refractivity contribution in [2.45, 2.75) is 46.0 Å². The van der Waals surface area contributed by atoms with Crippen LogP contribution in [0.25, 0.3) is 0 Å². The van der Waals surface area contributed by atoms with Gasteiger partial charge in [-0.2, -0.15) is 13.2 Å². The summed E-state index contributed by atoms with van der Waals surface area (Å²) in [6.07, 6.45) is -6.38. The zero-order valence-electron chi connectivity index (χ0n) is 14.6. The van der Waals surface area contributed by atoms with Crippen molar-refractivity contribution in [1.82, 2.24) is 10.6 Å². The Kier molecular flexibility index (Phi) is 6.77. The Morgan fingerprint density at radius 2 is 1.62 bits per heavy atom. The highest BCUT2D eigenvalue weighted by Gasteiger charge is 2.36. The second-order valence-electron chi connectivity index (χ2n) is 6.81. The molecule has 0 aliphatic rings. The van der Waals surface area contributed by atoms with Gasteiger partial charge >= 0.3 is 12.1 Å². The number of carboxylic acids is 1. The van der Waals surface area contributed by atoms with Crippen molar-refractivity contribution in [2.75, 3.05) is 0 Å². The van der Waals surface area contributed by atoms with Gasteiger partial charge < -0.3 is 15.7 Å². The quantitative estimate of drug-likeness (QED) is 0.713. The molecular formula is C17H21F3N2O4. The summed E-state index contributed by atoms with van der Waals surface area (Å²) in [4.78, 5) is 34.6. The topological polar surface area (TPSA) is 95.5 Å². The number of carbonyl (C=O) groups is 3. The number of hydrogen-bond acceptors (Lipinski definition) is 3. The lowest BCUT2D eigenvalue weighted by atomic mass is 9.95. The molecule has 9 heteroatoms. The molecule has 1 aromatic carbocycles. The van der Waals surface area contributed by atoms with E-state index >= 15 is 0 Å². The van der Waals surface area contributed by atoms with Crippen molar-refractivity contribution in [3.05, 3.63) is 35.4 Å². The van der Waals surface area contributed by atoms with Crippen LogP contribution in [0.15, 0.2) is 24.3 Å². The predicted octanol–water partition coefficient (Wildman–Crippen LogP) is 2.48. The third kappa shape index (κ3) is 7.12. The van der Waals surface area contributed by atoms with Gasteiger partial charge in [-0.15, -0.1) is 0 Å². The maximum Gasteiger partial charge on any atom is 0.391 e. The molecule has 0 bridgehead atoms. The fourth-order valence-corrected chi connectivity index (χ4v) is 1.89. The smallest absolute Gasteiger partial charge is 0.391 e. The number of aliphatic carboxylic acids is 1. The maximum absolute atomic E-state index is 12.4. The lowest BCUT2D eigenvalue weighted by Crippen LogP contribution is -2.43. The summed E-state index contributed by atoms with van der Waals surface area (Å²) in [6.45, 7) is 5.50. The van der Waals surface area contributed by atoms with Gasteiger partial charge in [0, 0.05) is 17.5 Å². The van der Waals surface area contributed by atoms with E-state index in [1.54, 1.807) is 20.8 Å². The second kappa shape index (κ2) is 8.20. The van der Waals surface area contributed by atoms with E-state index in [2.05, 4.69) is 5.32 Å². The summed E-state index contributed by atoms with van der Waals surface area (Å²) < 4.78 is 37.1. The maximum atomic E-state index is 12.4. The van der Waals surface area contributed by atoms with Crippen LogP contribution >= 0.6 is 0 Å². The number of hydrogen-bond donors (Lipinski definition) is 3. The summed E-state index contributed by atoms with van der Waals surface area (Å²) in [5, 5.41) is 13.4. The number of rotatable bonds is 6. The minimum absolute atomic E-state index is 0.0179. The SMILES string of the molecule is CC(C)(C)C(=O)NCc1ccc(C(=O)N[C@@H](CC(F)(F)F)C(=O)O)cc1. The Labute approximate surface area is 148 Å². The van der Waals surface area contributed by atoms with Gasteiger partial charge in [-0.3, -0.25) is 9.59 Å². The monoisotopic (exact) mass is 374 g/mol. The molecule has 1 rings (SSSR count). The molecule has 144 valence electrons. The van der Waals surface area contributed by atoms with Crippen LogP contribution in [0.2, 0.25) is 0 Å². The van der Waals surface area contributed by atoms with Crippen molar-refractivity contribution in [3.63, 3.8) is 0 Å². The van der Waals surface area contributed by atoms with Crippen LogP contribution in [0.3, 0.4) is 0 Å². The van der Waals surface area contributed by atoms with Gasteiger partial charge in [-0.25, -0.2) is 4.79 Å². The first-order valence-corrected chi connectivity index (χ1v) is 7.77. The van der Waals surface area contributed by atoms with Gasteiger partial charge in [0.1, 0.15) is 6.04 Å². The number of carboxylic acid groups (broad SMARTS) is 1. The Bertz CT molecular complexity index is 664. The Morgan fingerprint density at radius 3 is 2.04 bits per heavy atom. The number of alkyl halides is 3. The summed E-state index contributed by atoms with van der Waals surface area (Å²) in [7, 11) is 0. The van der Waals surface area contributed by atoms with E-state index in [1.165, 1.54) is 24.3 Å². The first kappa shape index (κ1) is 21.5. The minimum Gasteiger partial charge on any atom is -0.480 e. The number of carbonyl (C=O) groups excluding carboxylic acids is 2. The fourth-order valence-electron chi connectivity index (χ4n) is 1.89. The number of nitrogens with one attached hydrogen (secondary N) is 2. The van der Waals surface area contributed by atoms with Crippen molar-refractivity contribution in [3.8, 4) is 0 Å². The van der Waals surface area contributed by atoms with Crippen molar-refractivity contribution in [2.24, 2.45) is 5.41 Å². The van der Waals surface area contributed by atoms with Crippen LogP contribution in [0.5, 0.6) is 0 Å². The molecule has 0 aromatic heterocycles. The molecule has 0 saturated heterocycles. The molecule has 0 heterocycles. The van der Waals surface area contributed by atoms with Gasteiger partial charge in [0.15, 0.2) is 0 Å². The summed E-state index contributed by atoms with van der Waals surface area (Å²) in [5.74, 6) is -2.85. The molecule has 2 amide bonds. The summed E-state index contributed by atoms with van der Waals surface area (Å²) in [6, 6.07) is 3.68. The van der Waals surface area contributed by atoms with Crippen LogP contribution in [0.4, 0.5) is 13.2 Å². The molecule has 0 aliphatic heterocycles. The van der Waals surface area contributed by atoms with E-state index in [1.807, 2.05) is 5.32 Å². The van der Waals surface area contributed by atoms with Gasteiger partial charge in [-0.05, 0) is 17.7 Å². The predicted molar refractivity (Wildman–Crippen MR) is 87.3 cm³/mol. The molecule has 1 aromatic rings. The highest BCUT2D eigenvalue weighted by Crippen LogP contribution is 2.22. The normalized spacial score (nSPS) is 13.0. The lowest BCUT2D eigenvalue weighted by molar-refractivity contribution is -0.157. The van der Waals surface area contributed by atoms with Gasteiger partial charge in [0.2, 0.25) is 5.91 Å². The van der Waals surface area contributed by atoms with E-state index in [4.69, 9.17) is 5.11 Å². The fraction of sp³-hybridized carbons (Fsp3) is 0.471. The molecule has 0 radical (unpaired) electrons. The zero-order valence-corrected chi connectivity index (χ0v) is 14.6. The van der Waals surface area contributed by atoms with Crippen molar-refractivity contribution in [1.29, 1.82) is 0 Å². The van der Waals surface area contributed by atoms with Crippen molar-refractivity contribution < 1.29 is 32.7 Å². The van der Waals surface area contributed by atoms with Crippen LogP contribution in [-0.2, 0) is 16.1 Å². The molecular weight excluding hydrogens is 353 g/mol. The Balaban J connectivity index is 2.71. The molecule has 0 spiro atoms. The minimum atomic E-state index is -4.72. The van der Waals surface area contributed by atoms with Gasteiger partial charge in [0.25, 0.3) is 5.91 Å². The second-order valence-corrected chi connectivity index (χ2v) is 6.81. The average Bonchev–Trinajstić information content (AvgIpc) is 2.50. The molecule has 26 heavy (non-hydrogen) atoms. The third-order valence-corrected chi connectivity index (χ3v) is 3.39. The number of benzene rings is 1. The van der Waals surface area contributed by atoms with E-state index in [-0.39, 0.29) is 18.0 Å². The molecule has 0 saturated carbocycles. The molecule has 0 aliphatic carbocycles. The zero-order chi connectivity index (χ0) is 20.1. The van der Waals surface area contributed by atoms with Crippen molar-refractivity contribution >= 4 is 17.8 Å². The Morgan fingerprint density at radius 1 is 1.08 bits per heavy atom. The third-order valence-electron chi connectivity index (χ3n) is 3.39. The molecule has 0 fully saturated rings. The van der Waals surface area contributed by atoms with Crippen LogP contribution in [-0.4, -0.2) is 35.1 Å². The van der Waals surface area contributed by atoms with Crippen LogP contribution in [0.1, 0.15) is 43.1 Å². The van der Waals surface area contributed by atoms with E-state index in [9.17, 15) is 27.6 Å². The van der Waals surface area contributed by atoms with E-state index < -0.39 is 35.9 Å². The highest BCUT2D eigenvalue weighted by atomic mass is 19.4. The summed E-state index contributed by atoms with van der Waals surface area (Å²) in [5.41, 5.74) is 0.151. The number of halogens is 3. The van der Waals surface area contributed by atoms with E-state index in [0.29, 0.717) is 5.56 Å². The Hall–Kier alpha value is -2.58. The average molecular weight is 374 g/mol. The largest absolute Gasteiger partial charge is 0.480 e. The van der Waals surface area contributed by atoms with Crippen LogP contribution < -0.4 is 10.6 Å². The molecule has 6 nitrogen and oxygen atoms in total. The standard InChI is InChI=1S/C17H21F3N2O4/c1-16(2,3)15(26)21-9-10-4-6-11(7-5-10)13(23)22-12(14(24)25)8-17(18,19)20/h4-7,12H,8-9H2,1-3H3,(H,21,26)(H,22,23)(H,24,25)/t12-/m0/s1. The lowest BCUT2D eigenvalue weighted by Gasteiger charge is -2.18. The molecule has 1 atom stereocenters. The van der Waals surface area contributed by atoms with Gasteiger partial charge in [-0.1, -0.05) is 32.9 Å². The molecule has 0 unspecified atom stereocenters. The summed E-state index contributed by atoms with van der Waals surface area (Å²) >= 11 is 0. The highest BCUT2D eigenvalue weighted by molar-refractivity contribution is 5.96. The van der Waals surface area contributed by atoms with Gasteiger partial charge in [0.05, 0.1) is 6.42 Å². The first-order chi connectivity index (χ1) is 11.8. The van der Waals surface area contributed by atoms with Crippen LogP contribution in [0, 0.1) is 5.41 Å².